The maximum Gasteiger partial charge on any atom is 0.193 e. The van der Waals surface area contributed by atoms with Gasteiger partial charge in [0.1, 0.15) is 18.1 Å². The zero-order chi connectivity index (χ0) is 19.1. The summed E-state index contributed by atoms with van der Waals surface area (Å²) < 4.78 is 10.9. The van der Waals surface area contributed by atoms with Crippen molar-refractivity contribution in [3.63, 3.8) is 0 Å². The van der Waals surface area contributed by atoms with Gasteiger partial charge in [0.15, 0.2) is 5.96 Å². The molecule has 0 aliphatic carbocycles. The van der Waals surface area contributed by atoms with Gasteiger partial charge in [0.05, 0.1) is 12.2 Å². The van der Waals surface area contributed by atoms with Gasteiger partial charge in [-0.3, -0.25) is 9.89 Å². The van der Waals surface area contributed by atoms with Gasteiger partial charge in [-0.15, -0.1) is 24.0 Å². The van der Waals surface area contributed by atoms with Crippen LogP contribution in [0.3, 0.4) is 0 Å². The average Bonchev–Trinajstić information content (AvgIpc) is 3.16. The van der Waals surface area contributed by atoms with Crippen molar-refractivity contribution < 1.29 is 9.26 Å². The number of aromatic nitrogens is 1. The predicted molar refractivity (Wildman–Crippen MR) is 121 cm³/mol. The van der Waals surface area contributed by atoms with Crippen molar-refractivity contribution in [1.29, 1.82) is 0 Å². The van der Waals surface area contributed by atoms with Crippen LogP contribution in [0.4, 0.5) is 0 Å². The predicted octanol–water partition coefficient (Wildman–Crippen LogP) is 2.76. The number of aryl methyl sites for hydroxylation is 1. The second kappa shape index (κ2) is 11.3. The number of halogens is 1. The first-order valence-electron chi connectivity index (χ1n) is 9.44. The fourth-order valence-corrected chi connectivity index (χ4v) is 3.20. The molecule has 1 fully saturated rings. The SMILES string of the molecule is CN=C(NCC(C)Oc1cccc(C)c1)N1CCN(Cc2ccon2)CC1.I. The highest BCUT2D eigenvalue weighted by molar-refractivity contribution is 14.0. The van der Waals surface area contributed by atoms with Crippen LogP contribution in [0, 0.1) is 6.92 Å². The molecule has 1 aliphatic rings. The lowest BCUT2D eigenvalue weighted by molar-refractivity contribution is 0.167. The number of nitrogens with one attached hydrogen (secondary N) is 1. The first-order chi connectivity index (χ1) is 13.1. The quantitative estimate of drug-likeness (QED) is 0.375. The third-order valence-electron chi connectivity index (χ3n) is 4.63. The maximum atomic E-state index is 5.99. The van der Waals surface area contributed by atoms with E-state index in [1.807, 2.05) is 25.2 Å². The smallest absolute Gasteiger partial charge is 0.193 e. The molecule has 8 heteroatoms. The van der Waals surface area contributed by atoms with Gasteiger partial charge >= 0.3 is 0 Å². The largest absolute Gasteiger partial charge is 0.489 e. The fourth-order valence-electron chi connectivity index (χ4n) is 3.20. The monoisotopic (exact) mass is 499 g/mol. The summed E-state index contributed by atoms with van der Waals surface area (Å²) in [5.74, 6) is 1.83. The van der Waals surface area contributed by atoms with Crippen LogP contribution >= 0.6 is 24.0 Å². The number of aliphatic imine (C=N–C) groups is 1. The molecule has 154 valence electrons. The zero-order valence-electron chi connectivity index (χ0n) is 16.8. The maximum absolute atomic E-state index is 5.99. The fraction of sp³-hybridized carbons (Fsp3) is 0.500. The molecule has 0 radical (unpaired) electrons. The topological polar surface area (TPSA) is 66.1 Å². The molecule has 1 aromatic heterocycles. The van der Waals surface area contributed by atoms with Crippen molar-refractivity contribution in [2.24, 2.45) is 4.99 Å². The second-order valence-corrected chi connectivity index (χ2v) is 6.93. The van der Waals surface area contributed by atoms with Gasteiger partial charge in [0.25, 0.3) is 0 Å². The number of ether oxygens (including phenoxy) is 1. The first-order valence-corrected chi connectivity index (χ1v) is 9.44. The van der Waals surface area contributed by atoms with Crippen LogP contribution in [-0.4, -0.2) is 66.8 Å². The Morgan fingerprint density at radius 1 is 1.29 bits per heavy atom. The summed E-state index contributed by atoms with van der Waals surface area (Å²) in [6.07, 6.45) is 1.68. The molecule has 1 aliphatic heterocycles. The molecule has 3 rings (SSSR count). The lowest BCUT2D eigenvalue weighted by Gasteiger charge is -2.36. The molecule has 1 saturated heterocycles. The van der Waals surface area contributed by atoms with Crippen LogP contribution in [0.2, 0.25) is 0 Å². The van der Waals surface area contributed by atoms with Gasteiger partial charge in [-0.05, 0) is 31.5 Å². The van der Waals surface area contributed by atoms with Crippen LogP contribution in [0.15, 0.2) is 46.1 Å². The molecule has 28 heavy (non-hydrogen) atoms. The molecule has 1 atom stereocenters. The summed E-state index contributed by atoms with van der Waals surface area (Å²) in [5.41, 5.74) is 2.18. The molecule has 0 saturated carbocycles. The van der Waals surface area contributed by atoms with Crippen molar-refractivity contribution in [2.75, 3.05) is 39.8 Å². The second-order valence-electron chi connectivity index (χ2n) is 6.93. The van der Waals surface area contributed by atoms with Crippen molar-refractivity contribution >= 4 is 29.9 Å². The van der Waals surface area contributed by atoms with Crippen LogP contribution in [-0.2, 0) is 6.54 Å². The highest BCUT2D eigenvalue weighted by atomic mass is 127. The van der Waals surface area contributed by atoms with Crippen LogP contribution in [0.1, 0.15) is 18.2 Å². The number of rotatable bonds is 6. The molecule has 1 N–H and O–H groups in total. The Bertz CT molecular complexity index is 730. The van der Waals surface area contributed by atoms with Gasteiger partial charge in [-0.25, -0.2) is 0 Å². The minimum Gasteiger partial charge on any atom is -0.489 e. The van der Waals surface area contributed by atoms with E-state index in [0.29, 0.717) is 6.54 Å². The number of nitrogens with zero attached hydrogens (tertiary/aromatic N) is 4. The average molecular weight is 499 g/mol. The normalized spacial score (nSPS) is 16.4. The Balaban J connectivity index is 0.00000280. The number of hydrogen-bond acceptors (Lipinski definition) is 5. The van der Waals surface area contributed by atoms with Gasteiger partial charge < -0.3 is 19.5 Å². The van der Waals surface area contributed by atoms with E-state index < -0.39 is 0 Å². The van der Waals surface area contributed by atoms with Crippen molar-refractivity contribution in [3.05, 3.63) is 47.9 Å². The van der Waals surface area contributed by atoms with E-state index in [4.69, 9.17) is 9.26 Å². The van der Waals surface area contributed by atoms with Crippen LogP contribution in [0.5, 0.6) is 5.75 Å². The van der Waals surface area contributed by atoms with E-state index in [-0.39, 0.29) is 30.1 Å². The Kier molecular flexibility index (Phi) is 9.04. The molecule has 2 heterocycles. The van der Waals surface area contributed by atoms with Gasteiger partial charge in [-0.2, -0.15) is 0 Å². The molecule has 0 amide bonds. The number of benzene rings is 1. The Hall–Kier alpha value is -1.81. The third-order valence-corrected chi connectivity index (χ3v) is 4.63. The highest BCUT2D eigenvalue weighted by Gasteiger charge is 2.20. The van der Waals surface area contributed by atoms with E-state index in [1.165, 1.54) is 5.56 Å². The van der Waals surface area contributed by atoms with Crippen molar-refractivity contribution in [1.82, 2.24) is 20.3 Å². The summed E-state index contributed by atoms with van der Waals surface area (Å²) in [5, 5.41) is 7.43. The minimum absolute atomic E-state index is 0. The molecule has 0 spiro atoms. The molecule has 1 aromatic carbocycles. The number of piperazine rings is 1. The standard InChI is InChI=1S/C20H29N5O2.HI/c1-16-5-4-6-19(13-16)27-17(2)14-22-20(21-3)25-10-8-24(9-11-25)15-18-7-12-26-23-18;/h4-7,12-13,17H,8-11,14-15H2,1-3H3,(H,21,22);1H. The van der Waals surface area contributed by atoms with Crippen LogP contribution < -0.4 is 10.1 Å². The van der Waals surface area contributed by atoms with Crippen LogP contribution in [0.25, 0.3) is 0 Å². The van der Waals surface area contributed by atoms with Crippen molar-refractivity contribution in [3.8, 4) is 5.75 Å². The zero-order valence-corrected chi connectivity index (χ0v) is 19.1. The molecule has 7 nitrogen and oxygen atoms in total. The van der Waals surface area contributed by atoms with Gasteiger partial charge in [-0.1, -0.05) is 17.3 Å². The molecule has 1 unspecified atom stereocenters. The summed E-state index contributed by atoms with van der Waals surface area (Å²) in [6.45, 7) is 9.50. The number of guanidine groups is 1. The van der Waals surface area contributed by atoms with Gasteiger partial charge in [0, 0.05) is 45.8 Å². The minimum atomic E-state index is 0. The Morgan fingerprint density at radius 2 is 2.07 bits per heavy atom. The summed E-state index contributed by atoms with van der Waals surface area (Å²) in [4.78, 5) is 9.11. The molecule has 0 bridgehead atoms. The number of hydrogen-bond donors (Lipinski definition) is 1. The highest BCUT2D eigenvalue weighted by Crippen LogP contribution is 2.14. The van der Waals surface area contributed by atoms with E-state index in [2.05, 4.69) is 51.2 Å². The Morgan fingerprint density at radius 3 is 2.71 bits per heavy atom. The molecule has 2 aromatic rings. The van der Waals surface area contributed by atoms with Gasteiger partial charge in [0.2, 0.25) is 0 Å². The first kappa shape index (κ1) is 22.5. The van der Waals surface area contributed by atoms with E-state index in [9.17, 15) is 0 Å². The van der Waals surface area contributed by atoms with E-state index in [0.717, 1.165) is 50.1 Å². The third kappa shape index (κ3) is 6.66. The van der Waals surface area contributed by atoms with E-state index >= 15 is 0 Å². The lowest BCUT2D eigenvalue weighted by Crippen LogP contribution is -2.53. The lowest BCUT2D eigenvalue weighted by atomic mass is 10.2. The molecular formula is C20H30IN5O2. The summed E-state index contributed by atoms with van der Waals surface area (Å²) in [7, 11) is 1.83. The Labute approximate surface area is 184 Å². The summed E-state index contributed by atoms with van der Waals surface area (Å²) >= 11 is 0. The van der Waals surface area contributed by atoms with Crippen molar-refractivity contribution in [2.45, 2.75) is 26.5 Å². The summed E-state index contributed by atoms with van der Waals surface area (Å²) in [6, 6.07) is 10.1. The van der Waals surface area contributed by atoms with E-state index in [1.54, 1.807) is 6.26 Å². The molecular weight excluding hydrogens is 469 g/mol.